The highest BCUT2D eigenvalue weighted by Gasteiger charge is 2.44. The molecule has 3 rings (SSSR count). The summed E-state index contributed by atoms with van der Waals surface area (Å²) < 4.78 is 43.8. The first-order chi connectivity index (χ1) is 12.6. The van der Waals surface area contributed by atoms with Crippen molar-refractivity contribution in [3.05, 3.63) is 12.7 Å². The molecule has 0 aliphatic carbocycles. The van der Waals surface area contributed by atoms with Crippen LogP contribution in [0.3, 0.4) is 0 Å². The van der Waals surface area contributed by atoms with E-state index >= 15 is 0 Å². The summed E-state index contributed by atoms with van der Waals surface area (Å²) >= 11 is 0. The minimum Gasteiger partial charge on any atom is -0.475 e. The van der Waals surface area contributed by atoms with Crippen LogP contribution in [0, 0.1) is 0 Å². The number of aliphatic hydroxyl groups is 2. The molecule has 0 saturated carbocycles. The lowest BCUT2D eigenvalue weighted by Gasteiger charge is -2.16. The predicted octanol–water partition coefficient (Wildman–Crippen LogP) is -0.693. The largest absolute Gasteiger partial charge is 0.490 e. The maximum atomic E-state index is 10.6. The number of anilines is 1. The van der Waals surface area contributed by atoms with Crippen molar-refractivity contribution in [2.24, 2.45) is 0 Å². The Hall–Kier alpha value is -2.55. The lowest BCUT2D eigenvalue weighted by molar-refractivity contribution is -0.192. The summed E-state index contributed by atoms with van der Waals surface area (Å²) in [6.07, 6.45) is -5.90. The van der Waals surface area contributed by atoms with E-state index in [1.54, 1.807) is 0 Å². The van der Waals surface area contributed by atoms with Crippen LogP contribution in [0.5, 0.6) is 0 Å². The average Bonchev–Trinajstić information content (AvgIpc) is 3.12. The summed E-state index contributed by atoms with van der Waals surface area (Å²) in [5.41, 5.74) is 6.57. The molecule has 0 aromatic carbocycles. The highest BCUT2D eigenvalue weighted by molar-refractivity contribution is 5.81. The minimum absolute atomic E-state index is 0.179. The van der Waals surface area contributed by atoms with Gasteiger partial charge in [0, 0.05) is 7.11 Å². The molecule has 27 heavy (non-hydrogen) atoms. The van der Waals surface area contributed by atoms with Crippen LogP contribution >= 0.6 is 0 Å². The van der Waals surface area contributed by atoms with E-state index in [2.05, 4.69) is 15.0 Å². The molecular weight excluding hydrogens is 379 g/mol. The van der Waals surface area contributed by atoms with E-state index in [1.807, 2.05) is 0 Å². The number of alkyl halides is 3. The van der Waals surface area contributed by atoms with E-state index in [4.69, 9.17) is 25.1 Å². The SMILES string of the molecule is COC[C@H]1O[C@@H](n2cnc3c(N)ncnc32)[C@H](O)[C@@H]1O.O=C(O)C(F)(F)F. The monoisotopic (exact) mass is 395 g/mol. The number of nitrogen functional groups attached to an aromatic ring is 1. The molecular formula is C13H16F3N5O6. The molecule has 1 fully saturated rings. The number of ether oxygens (including phenoxy) is 2. The van der Waals surface area contributed by atoms with Gasteiger partial charge in [0.15, 0.2) is 17.7 Å². The van der Waals surface area contributed by atoms with E-state index in [0.717, 1.165) is 0 Å². The van der Waals surface area contributed by atoms with Crippen molar-refractivity contribution in [3.8, 4) is 0 Å². The zero-order valence-corrected chi connectivity index (χ0v) is 13.7. The van der Waals surface area contributed by atoms with Gasteiger partial charge in [-0.15, -0.1) is 0 Å². The fraction of sp³-hybridized carbons (Fsp3) is 0.538. The maximum Gasteiger partial charge on any atom is 0.490 e. The summed E-state index contributed by atoms with van der Waals surface area (Å²) in [6, 6.07) is 0. The highest BCUT2D eigenvalue weighted by Crippen LogP contribution is 2.31. The number of nitrogens with zero attached hydrogens (tertiary/aromatic N) is 4. The molecule has 0 amide bonds. The van der Waals surface area contributed by atoms with Gasteiger partial charge in [-0.25, -0.2) is 19.7 Å². The molecule has 0 bridgehead atoms. The molecule has 5 N–H and O–H groups in total. The van der Waals surface area contributed by atoms with Crippen molar-refractivity contribution < 1.29 is 42.8 Å². The number of fused-ring (bicyclic) bond motifs is 1. The number of carbonyl (C=O) groups is 1. The smallest absolute Gasteiger partial charge is 0.475 e. The first-order valence-electron chi connectivity index (χ1n) is 7.31. The van der Waals surface area contributed by atoms with Crippen LogP contribution in [0.4, 0.5) is 19.0 Å². The van der Waals surface area contributed by atoms with Gasteiger partial charge in [0.05, 0.1) is 12.9 Å². The summed E-state index contributed by atoms with van der Waals surface area (Å²) in [6.45, 7) is 0.179. The van der Waals surface area contributed by atoms with Crippen LogP contribution in [-0.2, 0) is 14.3 Å². The Kier molecular flexibility index (Phi) is 6.15. The molecule has 0 radical (unpaired) electrons. The Labute approximate surface area is 149 Å². The molecule has 11 nitrogen and oxygen atoms in total. The van der Waals surface area contributed by atoms with Crippen molar-refractivity contribution in [1.82, 2.24) is 19.5 Å². The number of nitrogens with two attached hydrogens (primary N) is 1. The van der Waals surface area contributed by atoms with Crippen molar-refractivity contribution >= 4 is 23.0 Å². The quantitative estimate of drug-likeness (QED) is 0.522. The van der Waals surface area contributed by atoms with Gasteiger partial charge in [0.1, 0.15) is 30.2 Å². The molecule has 0 unspecified atom stereocenters. The van der Waals surface area contributed by atoms with Crippen LogP contribution in [0.25, 0.3) is 11.2 Å². The maximum absolute atomic E-state index is 10.6. The number of hydrogen-bond donors (Lipinski definition) is 4. The zero-order chi connectivity index (χ0) is 20.4. The predicted molar refractivity (Wildman–Crippen MR) is 81.2 cm³/mol. The third-order valence-corrected chi connectivity index (χ3v) is 3.57. The third-order valence-electron chi connectivity index (χ3n) is 3.57. The van der Waals surface area contributed by atoms with Crippen LogP contribution < -0.4 is 5.73 Å². The second-order valence-electron chi connectivity index (χ2n) is 5.39. The van der Waals surface area contributed by atoms with Crippen molar-refractivity contribution in [3.63, 3.8) is 0 Å². The van der Waals surface area contributed by atoms with Crippen LogP contribution in [0.15, 0.2) is 12.7 Å². The molecule has 1 aliphatic rings. The van der Waals surface area contributed by atoms with Gasteiger partial charge >= 0.3 is 12.1 Å². The fourth-order valence-corrected chi connectivity index (χ4v) is 2.32. The van der Waals surface area contributed by atoms with Crippen molar-refractivity contribution in [2.75, 3.05) is 19.5 Å². The lowest BCUT2D eigenvalue weighted by atomic mass is 10.1. The minimum atomic E-state index is -5.08. The van der Waals surface area contributed by atoms with Gasteiger partial charge in [-0.3, -0.25) is 4.57 Å². The van der Waals surface area contributed by atoms with Gasteiger partial charge < -0.3 is 30.5 Å². The molecule has 1 saturated heterocycles. The first kappa shape index (κ1) is 20.8. The van der Waals surface area contributed by atoms with E-state index in [9.17, 15) is 23.4 Å². The van der Waals surface area contributed by atoms with Gasteiger partial charge in [-0.1, -0.05) is 0 Å². The number of imidazole rings is 1. The zero-order valence-electron chi connectivity index (χ0n) is 13.7. The van der Waals surface area contributed by atoms with E-state index < -0.39 is 36.7 Å². The molecule has 2 aromatic heterocycles. The Morgan fingerprint density at radius 2 is 1.96 bits per heavy atom. The number of carboxylic acids is 1. The number of aliphatic hydroxyl groups excluding tert-OH is 2. The molecule has 3 heterocycles. The van der Waals surface area contributed by atoms with E-state index in [0.29, 0.717) is 11.2 Å². The standard InChI is InChI=1S/C11H15N5O4.C2HF3O2/c1-19-2-5-7(17)8(18)11(20-5)16-4-15-6-9(12)13-3-14-10(6)16;3-2(4,5)1(6)7/h3-5,7-8,11,17-18H,2H2,1H3,(H2,12,13,14);(H,6,7)/t5-,7-,8-,11-;/m1./s1. The van der Waals surface area contributed by atoms with Gasteiger partial charge in [0.2, 0.25) is 0 Å². The van der Waals surface area contributed by atoms with Gasteiger partial charge in [-0.2, -0.15) is 13.2 Å². The number of hydrogen-bond acceptors (Lipinski definition) is 9. The number of halogens is 3. The summed E-state index contributed by atoms with van der Waals surface area (Å²) in [5.74, 6) is -2.51. The number of aliphatic carboxylic acids is 1. The Morgan fingerprint density at radius 1 is 1.33 bits per heavy atom. The summed E-state index contributed by atoms with van der Waals surface area (Å²) in [7, 11) is 1.50. The molecule has 150 valence electrons. The number of carboxylic acid groups (broad SMARTS) is 1. The average molecular weight is 395 g/mol. The van der Waals surface area contributed by atoms with Crippen LogP contribution in [-0.4, -0.2) is 79.0 Å². The molecule has 4 atom stereocenters. The topological polar surface area (TPSA) is 166 Å². The van der Waals surface area contributed by atoms with Crippen LogP contribution in [0.2, 0.25) is 0 Å². The highest BCUT2D eigenvalue weighted by atomic mass is 19.4. The fourth-order valence-electron chi connectivity index (χ4n) is 2.32. The summed E-state index contributed by atoms with van der Waals surface area (Å²) in [5, 5.41) is 27.2. The second kappa shape index (κ2) is 7.99. The Balaban J connectivity index is 0.000000321. The number of methoxy groups -OCH3 is 1. The second-order valence-corrected chi connectivity index (χ2v) is 5.39. The first-order valence-corrected chi connectivity index (χ1v) is 7.31. The Morgan fingerprint density at radius 3 is 2.52 bits per heavy atom. The molecule has 1 aliphatic heterocycles. The molecule has 2 aromatic rings. The van der Waals surface area contributed by atoms with Gasteiger partial charge in [-0.05, 0) is 0 Å². The normalized spacial score (nSPS) is 25.3. The van der Waals surface area contributed by atoms with Crippen LogP contribution in [0.1, 0.15) is 6.23 Å². The number of aromatic nitrogens is 4. The molecule has 14 heteroatoms. The lowest BCUT2D eigenvalue weighted by Crippen LogP contribution is -2.33. The molecule has 0 spiro atoms. The van der Waals surface area contributed by atoms with Crippen molar-refractivity contribution in [1.29, 1.82) is 0 Å². The summed E-state index contributed by atoms with van der Waals surface area (Å²) in [4.78, 5) is 20.9. The van der Waals surface area contributed by atoms with E-state index in [1.165, 1.54) is 24.3 Å². The van der Waals surface area contributed by atoms with E-state index in [-0.39, 0.29) is 12.4 Å². The Bertz CT molecular complexity index is 800. The van der Waals surface area contributed by atoms with Gasteiger partial charge in [0.25, 0.3) is 0 Å². The number of rotatable bonds is 3. The third kappa shape index (κ3) is 4.41. The van der Waals surface area contributed by atoms with Crippen molar-refractivity contribution in [2.45, 2.75) is 30.7 Å².